The van der Waals surface area contributed by atoms with Crippen LogP contribution in [-0.4, -0.2) is 41.2 Å². The minimum atomic E-state index is -0.940. The summed E-state index contributed by atoms with van der Waals surface area (Å²) in [5.74, 6) is 1.49. The molecule has 2 N–H and O–H groups in total. The number of rotatable bonds is 5. The van der Waals surface area contributed by atoms with Crippen LogP contribution in [-0.2, 0) is 5.60 Å². The Labute approximate surface area is 121 Å². The third-order valence-corrected chi connectivity index (χ3v) is 4.65. The first-order valence-electron chi connectivity index (χ1n) is 7.74. The molecule has 3 rings (SSSR count). The van der Waals surface area contributed by atoms with Crippen LogP contribution in [0.2, 0.25) is 0 Å². The molecule has 0 aromatic carbocycles. The molecule has 3 atom stereocenters. The molecule has 2 fully saturated rings. The van der Waals surface area contributed by atoms with Crippen molar-refractivity contribution in [2.75, 3.05) is 13.1 Å². The maximum absolute atomic E-state index is 10.5. The summed E-state index contributed by atoms with van der Waals surface area (Å²) < 4.78 is 5.55. The highest BCUT2D eigenvalue weighted by Gasteiger charge is 2.39. The fourth-order valence-corrected chi connectivity index (χ4v) is 3.27. The van der Waals surface area contributed by atoms with E-state index in [-0.39, 0.29) is 0 Å². The first kappa shape index (κ1) is 14.1. The zero-order valence-corrected chi connectivity index (χ0v) is 12.7. The van der Waals surface area contributed by atoms with Crippen LogP contribution in [0.3, 0.4) is 0 Å². The van der Waals surface area contributed by atoms with Crippen molar-refractivity contribution < 1.29 is 9.52 Å². The van der Waals surface area contributed by atoms with Crippen molar-refractivity contribution in [1.29, 1.82) is 0 Å². The van der Waals surface area contributed by atoms with Crippen molar-refractivity contribution in [2.24, 2.45) is 0 Å². The molecule has 0 spiro atoms. The second kappa shape index (κ2) is 5.17. The zero-order valence-electron chi connectivity index (χ0n) is 12.7. The van der Waals surface area contributed by atoms with E-state index >= 15 is 0 Å². The van der Waals surface area contributed by atoms with E-state index in [1.807, 2.05) is 26.0 Å². The summed E-state index contributed by atoms with van der Waals surface area (Å²) >= 11 is 0. The van der Waals surface area contributed by atoms with E-state index in [0.717, 1.165) is 18.3 Å². The Hall–Kier alpha value is -0.840. The maximum atomic E-state index is 10.5. The van der Waals surface area contributed by atoms with Crippen LogP contribution in [0.4, 0.5) is 0 Å². The predicted octanol–water partition coefficient (Wildman–Crippen LogP) is 2.01. The van der Waals surface area contributed by atoms with Crippen LogP contribution in [0.15, 0.2) is 16.5 Å². The largest absolute Gasteiger partial charge is 0.463 e. The molecule has 1 aliphatic carbocycles. The first-order valence-corrected chi connectivity index (χ1v) is 7.74. The third kappa shape index (κ3) is 2.92. The molecule has 4 heteroatoms. The van der Waals surface area contributed by atoms with Crippen LogP contribution in [0.5, 0.6) is 0 Å². The quantitative estimate of drug-likeness (QED) is 0.865. The van der Waals surface area contributed by atoms with E-state index in [9.17, 15) is 5.11 Å². The van der Waals surface area contributed by atoms with Gasteiger partial charge in [0.25, 0.3) is 0 Å². The summed E-state index contributed by atoms with van der Waals surface area (Å²) in [6.07, 6.45) is 3.89. The minimum Gasteiger partial charge on any atom is -0.463 e. The van der Waals surface area contributed by atoms with Crippen LogP contribution < -0.4 is 5.32 Å². The van der Waals surface area contributed by atoms with E-state index in [1.54, 1.807) is 0 Å². The van der Waals surface area contributed by atoms with Gasteiger partial charge in [0.1, 0.15) is 17.1 Å². The van der Waals surface area contributed by atoms with Crippen LogP contribution in [0.1, 0.15) is 44.6 Å². The molecule has 0 amide bonds. The predicted molar refractivity (Wildman–Crippen MR) is 78.6 cm³/mol. The normalized spacial score (nSPS) is 30.6. The van der Waals surface area contributed by atoms with E-state index in [4.69, 9.17) is 4.42 Å². The Morgan fingerprint density at radius 2 is 2.20 bits per heavy atom. The van der Waals surface area contributed by atoms with Gasteiger partial charge in [0.15, 0.2) is 0 Å². The third-order valence-electron chi connectivity index (χ3n) is 4.65. The van der Waals surface area contributed by atoms with Crippen molar-refractivity contribution in [3.63, 3.8) is 0 Å². The van der Waals surface area contributed by atoms with Gasteiger partial charge in [-0.25, -0.2) is 0 Å². The zero-order chi connectivity index (χ0) is 14.3. The standard InChI is InChI=1S/C16H26N2O2/c1-11-8-13(9-18(11)14-5-6-14)17-10-16(3,19)15-7-4-12(2)20-15/h4,7,11,13-14,17,19H,5-6,8-10H2,1-3H3. The van der Waals surface area contributed by atoms with E-state index in [2.05, 4.69) is 17.1 Å². The van der Waals surface area contributed by atoms with Gasteiger partial charge < -0.3 is 14.8 Å². The fourth-order valence-electron chi connectivity index (χ4n) is 3.27. The van der Waals surface area contributed by atoms with Crippen LogP contribution in [0.25, 0.3) is 0 Å². The van der Waals surface area contributed by atoms with Gasteiger partial charge in [-0.1, -0.05) is 0 Å². The van der Waals surface area contributed by atoms with Gasteiger partial charge in [-0.2, -0.15) is 0 Å². The molecule has 112 valence electrons. The summed E-state index contributed by atoms with van der Waals surface area (Å²) in [4.78, 5) is 2.61. The number of hydrogen-bond donors (Lipinski definition) is 2. The lowest BCUT2D eigenvalue weighted by Gasteiger charge is -2.24. The van der Waals surface area contributed by atoms with E-state index in [0.29, 0.717) is 24.4 Å². The number of aliphatic hydroxyl groups is 1. The van der Waals surface area contributed by atoms with Crippen molar-refractivity contribution in [3.8, 4) is 0 Å². The number of nitrogens with one attached hydrogen (secondary N) is 1. The number of nitrogens with zero attached hydrogens (tertiary/aromatic N) is 1. The Morgan fingerprint density at radius 1 is 1.45 bits per heavy atom. The molecular formula is C16H26N2O2. The topological polar surface area (TPSA) is 48.6 Å². The lowest BCUT2D eigenvalue weighted by atomic mass is 10.0. The lowest BCUT2D eigenvalue weighted by Crippen LogP contribution is -2.42. The summed E-state index contributed by atoms with van der Waals surface area (Å²) in [6, 6.07) is 5.73. The minimum absolute atomic E-state index is 0.480. The molecule has 2 heterocycles. The van der Waals surface area contributed by atoms with Gasteiger partial charge in [-0.15, -0.1) is 0 Å². The second-order valence-electron chi connectivity index (χ2n) is 6.77. The van der Waals surface area contributed by atoms with Crippen LogP contribution in [0, 0.1) is 6.92 Å². The molecule has 1 aromatic rings. The Kier molecular flexibility index (Phi) is 3.65. The molecule has 20 heavy (non-hydrogen) atoms. The molecule has 1 saturated carbocycles. The molecule has 1 aromatic heterocycles. The summed E-state index contributed by atoms with van der Waals surface area (Å²) in [7, 11) is 0. The molecule has 0 radical (unpaired) electrons. The molecule has 3 unspecified atom stereocenters. The van der Waals surface area contributed by atoms with Gasteiger partial charge in [-0.05, 0) is 52.2 Å². The number of furan rings is 1. The average Bonchev–Trinajstić information content (AvgIpc) is 3.02. The van der Waals surface area contributed by atoms with Gasteiger partial charge in [0.05, 0.1) is 0 Å². The number of likely N-dealkylation sites (tertiary alicyclic amines) is 1. The van der Waals surface area contributed by atoms with Crippen molar-refractivity contribution >= 4 is 0 Å². The summed E-state index contributed by atoms with van der Waals surface area (Å²) in [6.45, 7) is 7.68. The molecule has 4 nitrogen and oxygen atoms in total. The highest BCUT2D eigenvalue weighted by molar-refractivity contribution is 5.13. The van der Waals surface area contributed by atoms with Gasteiger partial charge in [0.2, 0.25) is 0 Å². The number of aryl methyl sites for hydroxylation is 1. The Balaban J connectivity index is 1.54. The van der Waals surface area contributed by atoms with Crippen LogP contribution >= 0.6 is 0 Å². The molecular weight excluding hydrogens is 252 g/mol. The van der Waals surface area contributed by atoms with E-state index < -0.39 is 5.60 Å². The molecule has 1 saturated heterocycles. The Morgan fingerprint density at radius 3 is 2.80 bits per heavy atom. The molecule has 2 aliphatic rings. The van der Waals surface area contributed by atoms with Crippen molar-refractivity contribution in [3.05, 3.63) is 23.7 Å². The summed E-state index contributed by atoms with van der Waals surface area (Å²) in [5, 5.41) is 14.1. The molecule has 0 bridgehead atoms. The van der Waals surface area contributed by atoms with Gasteiger partial charge in [-0.3, -0.25) is 4.90 Å². The maximum Gasteiger partial charge on any atom is 0.136 e. The summed E-state index contributed by atoms with van der Waals surface area (Å²) in [5.41, 5.74) is -0.940. The van der Waals surface area contributed by atoms with Crippen molar-refractivity contribution in [2.45, 2.75) is 63.8 Å². The van der Waals surface area contributed by atoms with Crippen molar-refractivity contribution in [1.82, 2.24) is 10.2 Å². The highest BCUT2D eigenvalue weighted by atomic mass is 16.4. The molecule has 1 aliphatic heterocycles. The van der Waals surface area contributed by atoms with Gasteiger partial charge in [0, 0.05) is 31.2 Å². The van der Waals surface area contributed by atoms with E-state index in [1.165, 1.54) is 19.3 Å². The SMILES string of the molecule is Cc1ccc(C(C)(O)CNC2CC(C)N(C3CC3)C2)o1. The highest BCUT2D eigenvalue weighted by Crippen LogP contribution is 2.33. The lowest BCUT2D eigenvalue weighted by molar-refractivity contribution is 0.0310. The smallest absolute Gasteiger partial charge is 0.136 e. The first-order chi connectivity index (χ1) is 9.45. The second-order valence-corrected chi connectivity index (χ2v) is 6.77. The monoisotopic (exact) mass is 278 g/mol. The average molecular weight is 278 g/mol. The fraction of sp³-hybridized carbons (Fsp3) is 0.750. The Bertz CT molecular complexity index is 465. The number of hydrogen-bond acceptors (Lipinski definition) is 4. The van der Waals surface area contributed by atoms with Gasteiger partial charge >= 0.3 is 0 Å².